The quantitative estimate of drug-likeness (QED) is 0.302. The maximum absolute atomic E-state index is 12.7. The van der Waals surface area contributed by atoms with E-state index in [1.165, 1.54) is 11.8 Å². The van der Waals surface area contributed by atoms with Crippen molar-refractivity contribution in [3.05, 3.63) is 89.2 Å². The van der Waals surface area contributed by atoms with E-state index in [4.69, 9.17) is 4.74 Å². The number of aryl methyl sites for hydroxylation is 3. The summed E-state index contributed by atoms with van der Waals surface area (Å²) in [5.74, 6) is 1.44. The number of thioether (sulfide) groups is 1. The van der Waals surface area contributed by atoms with Gasteiger partial charge in [-0.2, -0.15) is 0 Å². The summed E-state index contributed by atoms with van der Waals surface area (Å²) < 4.78 is 7.37. The third-order valence-electron chi connectivity index (χ3n) is 5.60. The van der Waals surface area contributed by atoms with Crippen molar-refractivity contribution in [3.8, 4) is 11.4 Å². The summed E-state index contributed by atoms with van der Waals surface area (Å²) in [5, 5.41) is 16.0. The zero-order valence-corrected chi connectivity index (χ0v) is 21.1. The minimum Gasteiger partial charge on any atom is -0.495 e. The molecule has 7 nitrogen and oxygen atoms in total. The van der Waals surface area contributed by atoms with Crippen molar-refractivity contribution in [2.24, 2.45) is 0 Å². The third kappa shape index (κ3) is 5.84. The highest BCUT2D eigenvalue weighted by Gasteiger charge is 2.18. The first kappa shape index (κ1) is 24.3. The average molecular weight is 488 g/mol. The van der Waals surface area contributed by atoms with Gasteiger partial charge in [-0.15, -0.1) is 10.2 Å². The molecule has 0 aliphatic rings. The molecule has 0 atom stereocenters. The zero-order chi connectivity index (χ0) is 24.8. The van der Waals surface area contributed by atoms with Gasteiger partial charge >= 0.3 is 0 Å². The van der Waals surface area contributed by atoms with Crippen LogP contribution in [-0.4, -0.2) is 33.5 Å². The summed E-state index contributed by atoms with van der Waals surface area (Å²) in [5.41, 5.74) is 6.10. The molecule has 0 saturated heterocycles. The number of aromatic nitrogens is 3. The molecule has 0 aliphatic heterocycles. The number of hydrogen-bond acceptors (Lipinski definition) is 6. The molecule has 1 heterocycles. The number of hydrogen-bond donors (Lipinski definition) is 2. The van der Waals surface area contributed by atoms with Crippen LogP contribution in [0.1, 0.15) is 22.5 Å². The van der Waals surface area contributed by atoms with E-state index in [-0.39, 0.29) is 11.7 Å². The second-order valence-electron chi connectivity index (χ2n) is 8.23. The van der Waals surface area contributed by atoms with Gasteiger partial charge in [0.25, 0.3) is 0 Å². The predicted molar refractivity (Wildman–Crippen MR) is 142 cm³/mol. The minimum atomic E-state index is -0.144. The molecule has 3 aromatic carbocycles. The van der Waals surface area contributed by atoms with Gasteiger partial charge in [-0.3, -0.25) is 9.36 Å². The van der Waals surface area contributed by atoms with E-state index in [1.807, 2.05) is 47.0 Å². The van der Waals surface area contributed by atoms with Gasteiger partial charge in [0, 0.05) is 5.69 Å². The van der Waals surface area contributed by atoms with Crippen LogP contribution in [-0.2, 0) is 11.3 Å². The van der Waals surface area contributed by atoms with Gasteiger partial charge in [0.15, 0.2) is 11.0 Å². The molecular weight excluding hydrogens is 458 g/mol. The van der Waals surface area contributed by atoms with Crippen molar-refractivity contribution in [1.82, 2.24) is 14.8 Å². The summed E-state index contributed by atoms with van der Waals surface area (Å²) in [6, 6.07) is 21.8. The van der Waals surface area contributed by atoms with Crippen LogP contribution in [0.5, 0.6) is 5.75 Å². The fourth-order valence-corrected chi connectivity index (χ4v) is 4.48. The van der Waals surface area contributed by atoms with Crippen molar-refractivity contribution in [2.45, 2.75) is 32.5 Å². The van der Waals surface area contributed by atoms with Crippen LogP contribution < -0.4 is 15.4 Å². The Bertz CT molecular complexity index is 1330. The van der Waals surface area contributed by atoms with Gasteiger partial charge in [0.1, 0.15) is 5.75 Å². The van der Waals surface area contributed by atoms with Gasteiger partial charge in [-0.25, -0.2) is 0 Å². The van der Waals surface area contributed by atoms with E-state index in [9.17, 15) is 4.79 Å². The van der Waals surface area contributed by atoms with Crippen LogP contribution in [0.15, 0.2) is 71.9 Å². The second-order valence-corrected chi connectivity index (χ2v) is 9.17. The topological polar surface area (TPSA) is 81.1 Å². The number of rotatable bonds is 9. The molecule has 0 radical (unpaired) electrons. The van der Waals surface area contributed by atoms with E-state index in [0.717, 1.165) is 33.9 Å². The van der Waals surface area contributed by atoms with Gasteiger partial charge < -0.3 is 15.4 Å². The molecule has 0 spiro atoms. The van der Waals surface area contributed by atoms with Crippen LogP contribution in [0, 0.1) is 20.8 Å². The van der Waals surface area contributed by atoms with Crippen molar-refractivity contribution >= 4 is 29.0 Å². The summed E-state index contributed by atoms with van der Waals surface area (Å²) in [4.78, 5) is 12.7. The first-order valence-corrected chi connectivity index (χ1v) is 12.3. The van der Waals surface area contributed by atoms with Crippen LogP contribution in [0.4, 0.5) is 11.4 Å². The summed E-state index contributed by atoms with van der Waals surface area (Å²) in [6.45, 7) is 6.70. The van der Waals surface area contributed by atoms with Crippen molar-refractivity contribution < 1.29 is 9.53 Å². The van der Waals surface area contributed by atoms with E-state index in [1.54, 1.807) is 7.11 Å². The summed E-state index contributed by atoms with van der Waals surface area (Å²) in [6.07, 6.45) is 0. The lowest BCUT2D eigenvalue weighted by atomic mass is 10.1. The van der Waals surface area contributed by atoms with E-state index in [2.05, 4.69) is 65.9 Å². The zero-order valence-electron chi connectivity index (χ0n) is 20.3. The number of methoxy groups -OCH3 is 1. The fourth-order valence-electron chi connectivity index (χ4n) is 3.72. The number of nitrogens with one attached hydrogen (secondary N) is 2. The molecule has 1 aromatic heterocycles. The Hall–Kier alpha value is -3.78. The molecule has 0 unspecified atom stereocenters. The fraction of sp³-hybridized carbons (Fsp3) is 0.222. The Labute approximate surface area is 209 Å². The number of carbonyl (C=O) groups is 1. The second kappa shape index (κ2) is 11.1. The van der Waals surface area contributed by atoms with Gasteiger partial charge in [-0.05, 0) is 61.7 Å². The Morgan fingerprint density at radius 2 is 1.69 bits per heavy atom. The van der Waals surface area contributed by atoms with Crippen LogP contribution in [0.2, 0.25) is 0 Å². The summed E-state index contributed by atoms with van der Waals surface area (Å²) in [7, 11) is 1.58. The van der Waals surface area contributed by atoms with Gasteiger partial charge in [0.05, 0.1) is 30.8 Å². The van der Waals surface area contributed by atoms with Crippen molar-refractivity contribution in [1.29, 1.82) is 0 Å². The lowest BCUT2D eigenvalue weighted by Gasteiger charge is -2.15. The molecule has 180 valence electrons. The highest BCUT2D eigenvalue weighted by atomic mass is 32.2. The predicted octanol–water partition coefficient (Wildman–Crippen LogP) is 5.54. The Morgan fingerprint density at radius 3 is 2.46 bits per heavy atom. The Kier molecular flexibility index (Phi) is 7.72. The number of nitrogens with zero attached hydrogens (tertiary/aromatic N) is 3. The molecule has 0 bridgehead atoms. The number of para-hydroxylation sites is 3. The molecule has 1 amide bonds. The highest BCUT2D eigenvalue weighted by molar-refractivity contribution is 7.99. The third-order valence-corrected chi connectivity index (χ3v) is 6.53. The minimum absolute atomic E-state index is 0.144. The average Bonchev–Trinajstić information content (AvgIpc) is 3.26. The number of anilines is 2. The SMILES string of the molecule is COc1ccccc1NC(=O)CSc1nnc(CNc2ccccc2C)n1-c1cc(C)ccc1C. The van der Waals surface area contributed by atoms with Crippen LogP contribution in [0.25, 0.3) is 5.69 Å². The monoisotopic (exact) mass is 487 g/mol. The molecule has 4 rings (SSSR count). The van der Waals surface area contributed by atoms with Crippen molar-refractivity contribution in [2.75, 3.05) is 23.5 Å². The number of carbonyl (C=O) groups excluding carboxylic acids is 1. The molecule has 0 aliphatic carbocycles. The lowest BCUT2D eigenvalue weighted by molar-refractivity contribution is -0.113. The molecule has 4 aromatic rings. The molecular formula is C27H29N5O2S. The normalized spacial score (nSPS) is 10.7. The van der Waals surface area contributed by atoms with Gasteiger partial charge in [0.2, 0.25) is 5.91 Å². The van der Waals surface area contributed by atoms with E-state index in [0.29, 0.717) is 23.1 Å². The number of ether oxygens (including phenoxy) is 1. The van der Waals surface area contributed by atoms with E-state index < -0.39 is 0 Å². The standard InChI is InChI=1S/C27H29N5O2S/c1-18-13-14-20(3)23(15-18)32-25(16-28-21-10-6-5-9-19(21)2)30-31-27(32)35-17-26(33)29-22-11-7-8-12-24(22)34-4/h5-15,28H,16-17H2,1-4H3,(H,29,33). The number of amides is 1. The highest BCUT2D eigenvalue weighted by Crippen LogP contribution is 2.27. The molecule has 0 saturated carbocycles. The lowest BCUT2D eigenvalue weighted by Crippen LogP contribution is -2.15. The first-order chi connectivity index (χ1) is 17.0. The molecule has 35 heavy (non-hydrogen) atoms. The largest absolute Gasteiger partial charge is 0.495 e. The maximum Gasteiger partial charge on any atom is 0.234 e. The Morgan fingerprint density at radius 1 is 0.943 bits per heavy atom. The number of benzene rings is 3. The van der Waals surface area contributed by atoms with Crippen molar-refractivity contribution in [3.63, 3.8) is 0 Å². The van der Waals surface area contributed by atoms with E-state index >= 15 is 0 Å². The molecule has 0 fully saturated rings. The first-order valence-electron chi connectivity index (χ1n) is 11.3. The molecule has 8 heteroatoms. The summed E-state index contributed by atoms with van der Waals surface area (Å²) >= 11 is 1.35. The van der Waals surface area contributed by atoms with Gasteiger partial charge in [-0.1, -0.05) is 54.2 Å². The Balaban J connectivity index is 1.57. The maximum atomic E-state index is 12.7. The molecule has 2 N–H and O–H groups in total. The smallest absolute Gasteiger partial charge is 0.234 e. The van der Waals surface area contributed by atoms with Crippen LogP contribution >= 0.6 is 11.8 Å². The van der Waals surface area contributed by atoms with Crippen LogP contribution in [0.3, 0.4) is 0 Å².